The highest BCUT2D eigenvalue weighted by Gasteiger charge is 2.10. The highest BCUT2D eigenvalue weighted by molar-refractivity contribution is 6.32. The maximum atomic E-state index is 6.13. The first-order valence-electron chi connectivity index (χ1n) is 5.28. The summed E-state index contributed by atoms with van der Waals surface area (Å²) in [4.78, 5) is 13.0. The molecule has 88 valence electrons. The van der Waals surface area contributed by atoms with E-state index in [0.717, 1.165) is 0 Å². The Morgan fingerprint density at radius 3 is 2.56 bits per heavy atom. The number of rotatable bonds is 1. The van der Waals surface area contributed by atoms with Crippen molar-refractivity contribution in [1.29, 1.82) is 0 Å². The van der Waals surface area contributed by atoms with E-state index in [9.17, 15) is 0 Å². The van der Waals surface area contributed by atoms with Crippen LogP contribution in [0.25, 0.3) is 22.4 Å². The molecule has 0 saturated carbocycles. The summed E-state index contributed by atoms with van der Waals surface area (Å²) in [7, 11) is 0. The first-order chi connectivity index (χ1) is 8.74. The predicted octanol–water partition coefficient (Wildman–Crippen LogP) is 4.00. The lowest BCUT2D eigenvalue weighted by molar-refractivity contribution is 1.23. The van der Waals surface area contributed by atoms with Crippen molar-refractivity contribution >= 4 is 34.2 Å². The molecule has 5 heteroatoms. The van der Waals surface area contributed by atoms with Crippen LogP contribution in [0.15, 0.2) is 42.6 Å². The van der Waals surface area contributed by atoms with Gasteiger partial charge in [-0.3, -0.25) is 4.98 Å². The molecule has 0 bridgehead atoms. The van der Waals surface area contributed by atoms with Gasteiger partial charge in [-0.25, -0.2) is 9.97 Å². The molecule has 0 unspecified atom stereocenters. The summed E-state index contributed by atoms with van der Waals surface area (Å²) in [6.45, 7) is 0. The summed E-state index contributed by atoms with van der Waals surface area (Å²) in [5, 5.41) is 0.953. The van der Waals surface area contributed by atoms with Crippen molar-refractivity contribution in [3.63, 3.8) is 0 Å². The number of aromatic nitrogens is 3. The maximum Gasteiger partial charge on any atom is 0.157 e. The van der Waals surface area contributed by atoms with Gasteiger partial charge in [0, 0.05) is 11.2 Å². The maximum absolute atomic E-state index is 6.13. The first kappa shape index (κ1) is 11.4. The van der Waals surface area contributed by atoms with Crippen LogP contribution < -0.4 is 0 Å². The Labute approximate surface area is 113 Å². The molecule has 0 spiro atoms. The zero-order chi connectivity index (χ0) is 12.5. The van der Waals surface area contributed by atoms with Crippen LogP contribution >= 0.6 is 23.2 Å². The summed E-state index contributed by atoms with van der Waals surface area (Å²) < 4.78 is 0. The number of halogens is 2. The average molecular weight is 276 g/mol. The van der Waals surface area contributed by atoms with Gasteiger partial charge >= 0.3 is 0 Å². The lowest BCUT2D eigenvalue weighted by Crippen LogP contribution is -1.92. The third-order valence-corrected chi connectivity index (χ3v) is 2.99. The molecule has 3 aromatic rings. The number of hydrogen-bond acceptors (Lipinski definition) is 3. The summed E-state index contributed by atoms with van der Waals surface area (Å²) in [6.07, 6.45) is 1.69. The summed E-state index contributed by atoms with van der Waals surface area (Å²) in [5.41, 5.74) is 2.67. The Bertz CT molecular complexity index is 714. The van der Waals surface area contributed by atoms with Gasteiger partial charge in [0.2, 0.25) is 0 Å². The molecule has 0 saturated heterocycles. The zero-order valence-electron chi connectivity index (χ0n) is 9.14. The second-order valence-electron chi connectivity index (χ2n) is 3.71. The van der Waals surface area contributed by atoms with Gasteiger partial charge in [-0.05, 0) is 30.3 Å². The molecule has 0 fully saturated rings. The highest BCUT2D eigenvalue weighted by Crippen LogP contribution is 2.26. The van der Waals surface area contributed by atoms with E-state index < -0.39 is 0 Å². The van der Waals surface area contributed by atoms with E-state index in [4.69, 9.17) is 23.2 Å². The topological polar surface area (TPSA) is 38.7 Å². The Hall–Kier alpha value is -1.71. The Morgan fingerprint density at radius 2 is 1.78 bits per heavy atom. The fourth-order valence-corrected chi connectivity index (χ4v) is 2.07. The van der Waals surface area contributed by atoms with Gasteiger partial charge in [-0.1, -0.05) is 29.3 Å². The molecular weight excluding hydrogens is 269 g/mol. The smallest absolute Gasteiger partial charge is 0.157 e. The lowest BCUT2D eigenvalue weighted by atomic mass is 10.2. The van der Waals surface area contributed by atoms with Gasteiger partial charge in [0.25, 0.3) is 0 Å². The lowest BCUT2D eigenvalue weighted by Gasteiger charge is -2.04. The van der Waals surface area contributed by atoms with E-state index in [1.165, 1.54) is 0 Å². The molecule has 18 heavy (non-hydrogen) atoms. The number of benzene rings is 1. The van der Waals surface area contributed by atoms with Gasteiger partial charge in [-0.15, -0.1) is 0 Å². The summed E-state index contributed by atoms with van der Waals surface area (Å²) >= 11 is 12.1. The minimum absolute atomic E-state index is 0.337. The first-order valence-corrected chi connectivity index (χ1v) is 6.04. The quantitative estimate of drug-likeness (QED) is 0.674. The molecule has 0 N–H and O–H groups in total. The Balaban J connectivity index is 2.27. The molecule has 2 heterocycles. The minimum atomic E-state index is 0.337. The van der Waals surface area contributed by atoms with Crippen molar-refractivity contribution in [2.45, 2.75) is 0 Å². The van der Waals surface area contributed by atoms with E-state index in [0.29, 0.717) is 32.6 Å². The van der Waals surface area contributed by atoms with E-state index in [1.807, 2.05) is 18.2 Å². The van der Waals surface area contributed by atoms with Crippen LogP contribution in [0.1, 0.15) is 0 Å². The van der Waals surface area contributed by atoms with Crippen molar-refractivity contribution in [3.8, 4) is 11.4 Å². The largest absolute Gasteiger partial charge is 0.255 e. The van der Waals surface area contributed by atoms with E-state index >= 15 is 0 Å². The fraction of sp³-hybridized carbons (Fsp3) is 0. The van der Waals surface area contributed by atoms with Gasteiger partial charge in [0.05, 0.1) is 16.7 Å². The molecular formula is C13H7Cl2N3. The fourth-order valence-electron chi connectivity index (χ4n) is 1.67. The van der Waals surface area contributed by atoms with Crippen LogP contribution in [0.4, 0.5) is 0 Å². The average Bonchev–Trinajstić information content (AvgIpc) is 2.39. The third kappa shape index (κ3) is 2.03. The molecule has 0 amide bonds. The Kier molecular flexibility index (Phi) is 2.86. The van der Waals surface area contributed by atoms with Gasteiger partial charge < -0.3 is 0 Å². The number of fused-ring (bicyclic) bond motifs is 1. The van der Waals surface area contributed by atoms with E-state index in [-0.39, 0.29) is 0 Å². The van der Waals surface area contributed by atoms with Gasteiger partial charge in [0.1, 0.15) is 5.69 Å². The standard InChI is InChI=1S/C13H7Cl2N3/c14-8-4-5-9-11(7-8)17-12(13(15)18-9)10-3-1-2-6-16-10/h1-7H. The van der Waals surface area contributed by atoms with Crippen LogP contribution in [0, 0.1) is 0 Å². The molecule has 0 aliphatic carbocycles. The van der Waals surface area contributed by atoms with Crippen molar-refractivity contribution in [1.82, 2.24) is 15.0 Å². The summed E-state index contributed by atoms with van der Waals surface area (Å²) in [6, 6.07) is 10.9. The molecule has 0 aliphatic rings. The van der Waals surface area contributed by atoms with Crippen molar-refractivity contribution < 1.29 is 0 Å². The molecule has 1 aromatic carbocycles. The molecule has 0 atom stereocenters. The normalized spacial score (nSPS) is 10.8. The third-order valence-electron chi connectivity index (χ3n) is 2.49. The number of nitrogens with zero attached hydrogens (tertiary/aromatic N) is 3. The Morgan fingerprint density at radius 1 is 0.889 bits per heavy atom. The van der Waals surface area contributed by atoms with Crippen LogP contribution in [0.3, 0.4) is 0 Å². The highest BCUT2D eigenvalue weighted by atomic mass is 35.5. The molecule has 0 aliphatic heterocycles. The number of hydrogen-bond donors (Lipinski definition) is 0. The zero-order valence-corrected chi connectivity index (χ0v) is 10.7. The molecule has 3 nitrogen and oxygen atoms in total. The number of pyridine rings is 1. The minimum Gasteiger partial charge on any atom is -0.255 e. The van der Waals surface area contributed by atoms with Crippen LogP contribution in [-0.4, -0.2) is 15.0 Å². The van der Waals surface area contributed by atoms with Crippen molar-refractivity contribution in [2.75, 3.05) is 0 Å². The SMILES string of the molecule is Clc1ccc2nc(Cl)c(-c3ccccn3)nc2c1. The van der Waals surface area contributed by atoms with Crippen LogP contribution in [0.5, 0.6) is 0 Å². The van der Waals surface area contributed by atoms with Crippen LogP contribution in [-0.2, 0) is 0 Å². The van der Waals surface area contributed by atoms with Crippen molar-refractivity contribution in [3.05, 3.63) is 52.8 Å². The molecule has 2 aromatic heterocycles. The van der Waals surface area contributed by atoms with E-state index in [1.54, 1.807) is 24.4 Å². The van der Waals surface area contributed by atoms with E-state index in [2.05, 4.69) is 15.0 Å². The monoisotopic (exact) mass is 275 g/mol. The second-order valence-corrected chi connectivity index (χ2v) is 4.51. The van der Waals surface area contributed by atoms with Gasteiger partial charge in [-0.2, -0.15) is 0 Å². The molecule has 3 rings (SSSR count). The van der Waals surface area contributed by atoms with Crippen molar-refractivity contribution in [2.24, 2.45) is 0 Å². The summed E-state index contributed by atoms with van der Waals surface area (Å²) in [5.74, 6) is 0. The predicted molar refractivity (Wildman–Crippen MR) is 72.8 cm³/mol. The second kappa shape index (κ2) is 4.52. The van der Waals surface area contributed by atoms with Gasteiger partial charge in [0.15, 0.2) is 5.15 Å². The van der Waals surface area contributed by atoms with Crippen LogP contribution in [0.2, 0.25) is 10.2 Å². The molecule has 0 radical (unpaired) electrons.